The molecule has 0 saturated carbocycles. The van der Waals surface area contributed by atoms with E-state index in [0.29, 0.717) is 17.9 Å². The van der Waals surface area contributed by atoms with Crippen LogP contribution in [0.5, 0.6) is 11.5 Å². The molecule has 1 aliphatic heterocycles. The highest BCUT2D eigenvalue weighted by Gasteiger charge is 2.40. The zero-order valence-corrected chi connectivity index (χ0v) is 14.2. The van der Waals surface area contributed by atoms with Crippen molar-refractivity contribution in [2.75, 3.05) is 13.7 Å². The zero-order chi connectivity index (χ0) is 18.5. The number of aromatic hydroxyl groups is 1. The van der Waals surface area contributed by atoms with Gasteiger partial charge in [-0.2, -0.15) is 5.10 Å². The first kappa shape index (κ1) is 17.5. The molecular formula is C19H19N3O4. The number of hydrogen-bond donors (Lipinski definition) is 3. The second-order valence-corrected chi connectivity index (χ2v) is 5.90. The van der Waals surface area contributed by atoms with Crippen molar-refractivity contribution in [3.63, 3.8) is 0 Å². The van der Waals surface area contributed by atoms with E-state index >= 15 is 0 Å². The normalized spacial score (nSPS) is 19.3. The SMILES string of the molecule is COc1ccc(/C=N/NC(=O)[C@H]2C(=O)NC[C@@H]2c2ccccc2)c(O)c1. The monoisotopic (exact) mass is 353 g/mol. The minimum Gasteiger partial charge on any atom is -0.507 e. The third kappa shape index (κ3) is 3.66. The molecule has 134 valence electrons. The number of amides is 2. The number of carbonyl (C=O) groups excluding carboxylic acids is 2. The van der Waals surface area contributed by atoms with Gasteiger partial charge in [0.25, 0.3) is 5.91 Å². The number of benzene rings is 2. The average Bonchev–Trinajstić information content (AvgIpc) is 3.05. The van der Waals surface area contributed by atoms with E-state index in [9.17, 15) is 14.7 Å². The van der Waals surface area contributed by atoms with Crippen molar-refractivity contribution in [3.05, 3.63) is 59.7 Å². The van der Waals surface area contributed by atoms with Gasteiger partial charge in [0.1, 0.15) is 17.4 Å². The maximum absolute atomic E-state index is 12.4. The van der Waals surface area contributed by atoms with Crippen LogP contribution in [0.15, 0.2) is 53.6 Å². The summed E-state index contributed by atoms with van der Waals surface area (Å²) in [5, 5.41) is 16.5. The lowest BCUT2D eigenvalue weighted by Gasteiger charge is -2.15. The van der Waals surface area contributed by atoms with Gasteiger partial charge in [-0.25, -0.2) is 5.43 Å². The van der Waals surface area contributed by atoms with Crippen LogP contribution in [0.25, 0.3) is 0 Å². The van der Waals surface area contributed by atoms with Crippen molar-refractivity contribution < 1.29 is 19.4 Å². The van der Waals surface area contributed by atoms with Crippen LogP contribution in [0.4, 0.5) is 0 Å². The number of methoxy groups -OCH3 is 1. The molecule has 2 aromatic rings. The molecule has 1 aliphatic rings. The summed E-state index contributed by atoms with van der Waals surface area (Å²) in [5.41, 5.74) is 3.72. The van der Waals surface area contributed by atoms with Crippen LogP contribution in [0.2, 0.25) is 0 Å². The van der Waals surface area contributed by atoms with Crippen molar-refractivity contribution in [2.24, 2.45) is 11.0 Å². The molecule has 2 aromatic carbocycles. The Balaban J connectivity index is 1.69. The summed E-state index contributed by atoms with van der Waals surface area (Å²) in [6.07, 6.45) is 1.32. The molecule has 26 heavy (non-hydrogen) atoms. The van der Waals surface area contributed by atoms with Gasteiger partial charge in [-0.3, -0.25) is 9.59 Å². The number of hydrogen-bond acceptors (Lipinski definition) is 5. The number of phenolic OH excluding ortho intramolecular Hbond substituents is 1. The van der Waals surface area contributed by atoms with E-state index in [1.165, 1.54) is 19.4 Å². The minimum absolute atomic E-state index is 0.0249. The Labute approximate surface area is 150 Å². The van der Waals surface area contributed by atoms with Gasteiger partial charge in [0.15, 0.2) is 0 Å². The molecule has 3 N–H and O–H groups in total. The molecule has 0 aromatic heterocycles. The van der Waals surface area contributed by atoms with Gasteiger partial charge >= 0.3 is 0 Å². The molecule has 7 nitrogen and oxygen atoms in total. The molecule has 7 heteroatoms. The second-order valence-electron chi connectivity index (χ2n) is 5.90. The minimum atomic E-state index is -0.848. The number of carbonyl (C=O) groups is 2. The fourth-order valence-electron chi connectivity index (χ4n) is 2.93. The fraction of sp³-hybridized carbons (Fsp3) is 0.211. The van der Waals surface area contributed by atoms with Crippen LogP contribution in [0, 0.1) is 5.92 Å². The Morgan fingerprint density at radius 2 is 2.08 bits per heavy atom. The summed E-state index contributed by atoms with van der Waals surface area (Å²) in [7, 11) is 1.50. The maximum Gasteiger partial charge on any atom is 0.253 e. The van der Waals surface area contributed by atoms with Crippen molar-refractivity contribution in [1.82, 2.24) is 10.7 Å². The molecule has 0 bridgehead atoms. The highest BCUT2D eigenvalue weighted by atomic mass is 16.5. The summed E-state index contributed by atoms with van der Waals surface area (Å²) in [6, 6.07) is 14.1. The van der Waals surface area contributed by atoms with Crippen LogP contribution < -0.4 is 15.5 Å². The van der Waals surface area contributed by atoms with Crippen molar-refractivity contribution in [2.45, 2.75) is 5.92 Å². The molecule has 1 heterocycles. The predicted octanol–water partition coefficient (Wildman–Crippen LogP) is 1.38. The molecule has 0 radical (unpaired) electrons. The van der Waals surface area contributed by atoms with E-state index in [1.54, 1.807) is 12.1 Å². The second kappa shape index (κ2) is 7.69. The maximum atomic E-state index is 12.4. The Morgan fingerprint density at radius 1 is 1.31 bits per heavy atom. The van der Waals surface area contributed by atoms with Gasteiger partial charge in [0.05, 0.1) is 13.3 Å². The molecule has 1 fully saturated rings. The largest absolute Gasteiger partial charge is 0.507 e. The predicted molar refractivity (Wildman–Crippen MR) is 96.1 cm³/mol. The molecule has 1 saturated heterocycles. The highest BCUT2D eigenvalue weighted by molar-refractivity contribution is 6.03. The van der Waals surface area contributed by atoms with Crippen molar-refractivity contribution >= 4 is 18.0 Å². The fourth-order valence-corrected chi connectivity index (χ4v) is 2.93. The molecule has 2 amide bonds. The summed E-state index contributed by atoms with van der Waals surface area (Å²) < 4.78 is 5.01. The molecule has 0 aliphatic carbocycles. The topological polar surface area (TPSA) is 100 Å². The average molecular weight is 353 g/mol. The van der Waals surface area contributed by atoms with Crippen LogP contribution in [-0.2, 0) is 9.59 Å². The smallest absolute Gasteiger partial charge is 0.253 e. The van der Waals surface area contributed by atoms with Gasteiger partial charge in [0.2, 0.25) is 5.91 Å². The molecule has 0 spiro atoms. The number of nitrogens with zero attached hydrogens (tertiary/aromatic N) is 1. The molecule has 3 rings (SSSR count). The van der Waals surface area contributed by atoms with Crippen LogP contribution in [0.3, 0.4) is 0 Å². The van der Waals surface area contributed by atoms with E-state index < -0.39 is 11.8 Å². The first-order chi connectivity index (χ1) is 12.6. The van der Waals surface area contributed by atoms with E-state index in [2.05, 4.69) is 15.8 Å². The van der Waals surface area contributed by atoms with Gasteiger partial charge in [-0.15, -0.1) is 0 Å². The van der Waals surface area contributed by atoms with Gasteiger partial charge in [-0.05, 0) is 17.7 Å². The Kier molecular flexibility index (Phi) is 5.17. The molecular weight excluding hydrogens is 334 g/mol. The van der Waals surface area contributed by atoms with Gasteiger partial charge < -0.3 is 15.2 Å². The Bertz CT molecular complexity index is 836. The quantitative estimate of drug-likeness (QED) is 0.429. The number of rotatable bonds is 5. The van der Waals surface area contributed by atoms with Crippen molar-refractivity contribution in [1.29, 1.82) is 0 Å². The van der Waals surface area contributed by atoms with Crippen LogP contribution >= 0.6 is 0 Å². The summed E-state index contributed by atoms with van der Waals surface area (Å²) in [5.74, 6) is -1.41. The standard InChI is InChI=1S/C19H19N3O4/c1-26-14-8-7-13(16(23)9-14)10-21-22-19(25)17-15(11-20-18(17)24)12-5-3-2-4-6-12/h2-10,15,17,23H,11H2,1H3,(H,20,24)(H,22,25)/b21-10+/t15-,17-/m1/s1. The Hall–Kier alpha value is -3.35. The number of nitrogens with one attached hydrogen (secondary N) is 2. The van der Waals surface area contributed by atoms with Crippen molar-refractivity contribution in [3.8, 4) is 11.5 Å². The lowest BCUT2D eigenvalue weighted by molar-refractivity contribution is -0.133. The number of hydrazone groups is 1. The third-order valence-corrected chi connectivity index (χ3v) is 4.31. The van der Waals surface area contributed by atoms with Gasteiger partial charge in [-0.1, -0.05) is 30.3 Å². The van der Waals surface area contributed by atoms with E-state index in [1.807, 2.05) is 30.3 Å². The first-order valence-electron chi connectivity index (χ1n) is 8.12. The molecule has 0 unspecified atom stereocenters. The summed E-state index contributed by atoms with van der Waals surface area (Å²) >= 11 is 0. The lowest BCUT2D eigenvalue weighted by Crippen LogP contribution is -2.34. The lowest BCUT2D eigenvalue weighted by atomic mass is 9.88. The third-order valence-electron chi connectivity index (χ3n) is 4.31. The zero-order valence-electron chi connectivity index (χ0n) is 14.2. The van der Waals surface area contributed by atoms with E-state index in [-0.39, 0.29) is 17.6 Å². The van der Waals surface area contributed by atoms with Crippen LogP contribution in [0.1, 0.15) is 17.0 Å². The highest BCUT2D eigenvalue weighted by Crippen LogP contribution is 2.29. The Morgan fingerprint density at radius 3 is 2.77 bits per heavy atom. The van der Waals surface area contributed by atoms with Gasteiger partial charge in [0, 0.05) is 24.1 Å². The number of phenols is 1. The molecule has 2 atom stereocenters. The summed E-state index contributed by atoms with van der Waals surface area (Å²) in [4.78, 5) is 24.5. The first-order valence-corrected chi connectivity index (χ1v) is 8.12. The summed E-state index contributed by atoms with van der Waals surface area (Å²) in [6.45, 7) is 0.407. The van der Waals surface area contributed by atoms with E-state index in [0.717, 1.165) is 5.56 Å². The number of ether oxygens (including phenoxy) is 1. The van der Waals surface area contributed by atoms with E-state index in [4.69, 9.17) is 4.74 Å². The van der Waals surface area contributed by atoms with Crippen LogP contribution in [-0.4, -0.2) is 36.8 Å².